The summed E-state index contributed by atoms with van der Waals surface area (Å²) in [7, 11) is 5.81. The second-order valence-electron chi connectivity index (χ2n) is 11.0. The summed E-state index contributed by atoms with van der Waals surface area (Å²) < 4.78 is 154. The molecule has 0 atom stereocenters. The molecule has 56 heavy (non-hydrogen) atoms. The highest BCUT2D eigenvalue weighted by Crippen LogP contribution is 2.35. The summed E-state index contributed by atoms with van der Waals surface area (Å²) in [6.07, 6.45) is -17.3. The maximum absolute atomic E-state index is 8.33. The molecule has 2 aliphatic rings. The maximum atomic E-state index is 8.33. The van der Waals surface area contributed by atoms with Gasteiger partial charge in [0.2, 0.25) is 0 Å². The van der Waals surface area contributed by atoms with Crippen LogP contribution in [-0.2, 0) is 31.8 Å². The van der Waals surface area contributed by atoms with E-state index in [1.165, 1.54) is 65.9 Å². The molecule has 0 spiro atoms. The van der Waals surface area contributed by atoms with Crippen LogP contribution in [-0.4, -0.2) is 87.1 Å². The van der Waals surface area contributed by atoms with E-state index in [1.54, 1.807) is 0 Å². The fourth-order valence-corrected chi connectivity index (χ4v) is 5.23. The number of nitrogen functional groups attached to an aromatic ring is 2. The van der Waals surface area contributed by atoms with Crippen LogP contribution in [0.5, 0.6) is 0 Å². The minimum Gasteiger partial charge on any atom is -0.383 e. The van der Waals surface area contributed by atoms with E-state index in [1.807, 2.05) is 0 Å². The van der Waals surface area contributed by atoms with Crippen LogP contribution >= 0.6 is 0 Å². The number of anilines is 2. The van der Waals surface area contributed by atoms with Crippen molar-refractivity contribution < 1.29 is 40.9 Å². The Kier molecular flexibility index (Phi) is 10.4. The monoisotopic (exact) mass is 785 g/mol. The van der Waals surface area contributed by atoms with Crippen molar-refractivity contribution in [2.75, 3.05) is 46.5 Å². The van der Waals surface area contributed by atoms with Gasteiger partial charge in [0.15, 0.2) is 18.8 Å². The molecule has 0 bridgehead atoms. The predicted molar refractivity (Wildman–Crippen MR) is 218 cm³/mol. The molecule has 4 N–H and O–H groups in total. The molecular weight excluding hydrogens is 713 g/mol. The number of methoxy groups -OCH3 is 4. The first-order valence-electron chi connectivity index (χ1n) is 23.9. The van der Waals surface area contributed by atoms with Crippen LogP contribution in [0.4, 0.5) is 11.6 Å². The van der Waals surface area contributed by atoms with Crippen molar-refractivity contribution in [1.29, 1.82) is 0 Å². The van der Waals surface area contributed by atoms with Crippen molar-refractivity contribution in [2.45, 2.75) is 91.3 Å². The Hall–Kier alpha value is -5.52. The van der Waals surface area contributed by atoms with Crippen molar-refractivity contribution in [1.82, 2.24) is 39.5 Å². The standard InChI is InChI=1S/2C19H24N6O2.2CH4/c2*1-21-10-16(13-6-4-5-7-13)25-11-14(9-24-25)18-15(8-17(26-2)27-3)19(20)23-12-22-18;;/h9,11-12,17H,4-8,10H2,2-3H3,(H2,20,22,23);9-13,17H,4-8H2,2-3H3,(H2,20,22,23);2*1H4/b;16-10-;;/i2*4D2,5D2,6D2,7D2;;. The van der Waals surface area contributed by atoms with Crippen LogP contribution in [0.2, 0.25) is 0 Å². The highest BCUT2D eigenvalue weighted by Gasteiger charge is 2.24. The van der Waals surface area contributed by atoms with E-state index >= 15 is 0 Å². The molecule has 0 aromatic carbocycles. The van der Waals surface area contributed by atoms with Gasteiger partial charge < -0.3 is 35.3 Å². The average molecular weight is 785 g/mol. The van der Waals surface area contributed by atoms with Gasteiger partial charge in [-0.25, -0.2) is 36.0 Å². The third-order valence-corrected chi connectivity index (χ3v) is 7.95. The first-order chi connectivity index (χ1) is 32.4. The summed E-state index contributed by atoms with van der Waals surface area (Å²) in [5.74, 6) is -1.68. The fourth-order valence-electron chi connectivity index (χ4n) is 5.23. The molecule has 0 unspecified atom stereocenters. The Labute approximate surface area is 353 Å². The van der Waals surface area contributed by atoms with Gasteiger partial charge in [0, 0.05) is 104 Å². The molecule has 2 saturated carbocycles. The maximum Gasteiger partial charge on any atom is 0.256 e. The molecule has 16 nitrogen and oxygen atoms in total. The zero-order chi connectivity index (χ0) is 52.8. The molecule has 16 heteroatoms. The zero-order valence-corrected chi connectivity index (χ0v) is 29.7. The van der Waals surface area contributed by atoms with Gasteiger partial charge in [-0.15, -0.1) is 0 Å². The van der Waals surface area contributed by atoms with Crippen molar-refractivity contribution >= 4 is 23.0 Å². The summed E-state index contributed by atoms with van der Waals surface area (Å²) in [5, 5.41) is 8.28. The minimum atomic E-state index is -3.22. The van der Waals surface area contributed by atoms with Crippen molar-refractivity contribution in [2.24, 2.45) is 5.92 Å². The van der Waals surface area contributed by atoms with Crippen molar-refractivity contribution in [3.8, 4) is 22.5 Å². The van der Waals surface area contributed by atoms with Crippen molar-refractivity contribution in [3.63, 3.8) is 0 Å². The van der Waals surface area contributed by atoms with Crippen LogP contribution in [0.1, 0.15) is 98.9 Å². The lowest BCUT2D eigenvalue weighted by Gasteiger charge is -2.16. The largest absolute Gasteiger partial charge is 0.383 e. The lowest BCUT2D eigenvalue weighted by Crippen LogP contribution is -2.18. The number of allylic oxidation sites excluding steroid dienone is 2. The molecular formula is C40H56N12O4. The third-order valence-electron chi connectivity index (χ3n) is 7.95. The highest BCUT2D eigenvalue weighted by molar-refractivity contribution is 5.69. The summed E-state index contributed by atoms with van der Waals surface area (Å²) in [4.78, 5) is 22.8. The zero-order valence-electron chi connectivity index (χ0n) is 45.7. The molecule has 0 saturated heterocycles. The van der Waals surface area contributed by atoms with Gasteiger partial charge in [0.25, 0.3) is 6.54 Å². The van der Waals surface area contributed by atoms with Crippen molar-refractivity contribution in [3.05, 3.63) is 83.2 Å². The Balaban J connectivity index is 0.000000370. The van der Waals surface area contributed by atoms with Crippen LogP contribution in [0, 0.1) is 19.1 Å². The normalized spacial score (nSPS) is 25.6. The number of aromatic nitrogens is 8. The van der Waals surface area contributed by atoms with Crippen LogP contribution in [0.15, 0.2) is 49.2 Å². The minimum absolute atomic E-state index is 0. The van der Waals surface area contributed by atoms with E-state index in [4.69, 9.17) is 65.5 Å². The second kappa shape index (κ2) is 22.1. The Bertz CT molecular complexity index is 2670. The number of nitrogens with two attached hydrogens (primary N) is 2. The van der Waals surface area contributed by atoms with Gasteiger partial charge in [-0.1, -0.05) is 27.6 Å². The molecule has 2 aliphatic carbocycles. The number of hydrogen-bond acceptors (Lipinski definition) is 12. The Morgan fingerprint density at radius 1 is 0.804 bits per heavy atom. The first kappa shape index (κ1) is 26.4. The van der Waals surface area contributed by atoms with Gasteiger partial charge in [0.05, 0.1) is 30.4 Å². The van der Waals surface area contributed by atoms with Gasteiger partial charge >= 0.3 is 0 Å². The molecule has 0 radical (unpaired) electrons. The van der Waals surface area contributed by atoms with Gasteiger partial charge in [-0.2, -0.15) is 10.2 Å². The van der Waals surface area contributed by atoms with Crippen LogP contribution in [0.25, 0.3) is 43.6 Å². The molecule has 2 fully saturated rings. The van der Waals surface area contributed by atoms with Gasteiger partial charge in [0.1, 0.15) is 30.0 Å². The second-order valence-corrected chi connectivity index (χ2v) is 11.0. The van der Waals surface area contributed by atoms with Crippen LogP contribution in [0.3, 0.4) is 0 Å². The quantitative estimate of drug-likeness (QED) is 0.0982. The molecule has 0 amide bonds. The molecule has 4 heterocycles. The summed E-state index contributed by atoms with van der Waals surface area (Å²) >= 11 is 0. The van der Waals surface area contributed by atoms with E-state index in [-0.39, 0.29) is 50.7 Å². The topological polar surface area (TPSA) is 185 Å². The number of ether oxygens (including phenoxy) is 4. The highest BCUT2D eigenvalue weighted by atomic mass is 16.7. The molecule has 4 aromatic rings. The van der Waals surface area contributed by atoms with Gasteiger partial charge in [-0.3, -0.25) is 4.68 Å². The van der Waals surface area contributed by atoms with E-state index in [0.717, 1.165) is 15.6 Å². The number of hydrogen-bond donors (Lipinski definition) is 2. The van der Waals surface area contributed by atoms with Gasteiger partial charge in [-0.05, 0) is 49.7 Å². The molecule has 6 rings (SSSR count). The van der Waals surface area contributed by atoms with E-state index in [9.17, 15) is 0 Å². The Morgan fingerprint density at radius 3 is 1.75 bits per heavy atom. The van der Waals surface area contributed by atoms with Crippen LogP contribution < -0.4 is 11.5 Å². The molecule has 0 aliphatic heterocycles. The summed E-state index contributed by atoms with van der Waals surface area (Å²) in [6, 6.07) is 0. The Morgan fingerprint density at radius 2 is 1.29 bits per heavy atom. The lowest BCUT2D eigenvalue weighted by atomic mass is 10.0. The average Bonchev–Trinajstić information content (AvgIpc) is 4.01. The van der Waals surface area contributed by atoms with E-state index < -0.39 is 81.6 Å². The third kappa shape index (κ3) is 10.8. The fraction of sp³-hybridized carbons (Fsp3) is 0.500. The van der Waals surface area contributed by atoms with E-state index in [2.05, 4.69) is 39.8 Å². The molecule has 300 valence electrons. The molecule has 4 aromatic heterocycles. The number of rotatable bonds is 14. The lowest BCUT2D eigenvalue weighted by molar-refractivity contribution is -0.100. The van der Waals surface area contributed by atoms with E-state index in [0.29, 0.717) is 33.6 Å². The predicted octanol–water partition coefficient (Wildman–Crippen LogP) is 7.05. The smallest absolute Gasteiger partial charge is 0.256 e. The SMILES string of the molecule is C.C.[2H]C1([2H])C(/C(=C/[N+]#[C-])n2cc(-c3ncnc(N)c3CC(OC)OC)cn2)C([2H])([2H])C([2H])([2H])C1([2H])[2H].[2H]C1([2H])C(=C(C[N+]#[C-])n2cc(-c3ncnc(N)c3CC(OC)OC)cn2)C([2H])([2H])C([2H])([2H])C1([2H])[2H]. The summed E-state index contributed by atoms with van der Waals surface area (Å²) in [5.41, 5.74) is 13.0. The number of nitrogens with zero attached hydrogens (tertiary/aromatic N) is 10. The summed E-state index contributed by atoms with van der Waals surface area (Å²) in [6.45, 7) is 14.0. The first-order valence-corrected chi connectivity index (χ1v) is 15.9.